The summed E-state index contributed by atoms with van der Waals surface area (Å²) in [5.41, 5.74) is 0.750. The standard InChI is InChI=1S/C15H18N4O2/c1-2-19-9-8-17-14(19)13-12(5-10-21-13)15(20)18-11-3-6-16-7-4-11/h3-4,6-9,12-13H,2,5,10H2,1H3,(H,16,18,20)/t12-,13-/m1/s1. The molecule has 6 nitrogen and oxygen atoms in total. The number of carbonyl (C=O) groups excluding carboxylic acids is 1. The van der Waals surface area contributed by atoms with E-state index in [1.165, 1.54) is 0 Å². The SMILES string of the molecule is CCn1ccnc1[C@@H]1OCC[C@H]1C(=O)Nc1ccncc1. The number of amides is 1. The van der Waals surface area contributed by atoms with Crippen molar-refractivity contribution in [2.75, 3.05) is 11.9 Å². The lowest BCUT2D eigenvalue weighted by Crippen LogP contribution is -2.26. The van der Waals surface area contributed by atoms with Gasteiger partial charge in [0.2, 0.25) is 5.91 Å². The highest BCUT2D eigenvalue weighted by Crippen LogP contribution is 2.34. The Morgan fingerprint density at radius 2 is 2.24 bits per heavy atom. The highest BCUT2D eigenvalue weighted by Gasteiger charge is 2.37. The zero-order chi connectivity index (χ0) is 14.7. The van der Waals surface area contributed by atoms with Crippen molar-refractivity contribution < 1.29 is 9.53 Å². The lowest BCUT2D eigenvalue weighted by atomic mass is 9.99. The van der Waals surface area contributed by atoms with Crippen molar-refractivity contribution in [3.63, 3.8) is 0 Å². The normalized spacial score (nSPS) is 21.4. The quantitative estimate of drug-likeness (QED) is 0.933. The van der Waals surface area contributed by atoms with Crippen molar-refractivity contribution in [1.29, 1.82) is 0 Å². The van der Waals surface area contributed by atoms with Gasteiger partial charge in [0.1, 0.15) is 11.9 Å². The highest BCUT2D eigenvalue weighted by atomic mass is 16.5. The molecule has 3 rings (SSSR count). The van der Waals surface area contributed by atoms with E-state index in [9.17, 15) is 4.79 Å². The van der Waals surface area contributed by atoms with Crippen LogP contribution in [0.15, 0.2) is 36.9 Å². The first kappa shape index (κ1) is 13.8. The van der Waals surface area contributed by atoms with Crippen LogP contribution in [0.1, 0.15) is 25.3 Å². The van der Waals surface area contributed by atoms with E-state index in [1.807, 2.05) is 17.7 Å². The number of aryl methyl sites for hydroxylation is 1. The average molecular weight is 286 g/mol. The van der Waals surface area contributed by atoms with Gasteiger partial charge >= 0.3 is 0 Å². The molecular formula is C15H18N4O2. The van der Waals surface area contributed by atoms with Gasteiger partial charge in [0, 0.05) is 43.6 Å². The Labute approximate surface area is 123 Å². The van der Waals surface area contributed by atoms with Gasteiger partial charge < -0.3 is 14.6 Å². The molecule has 1 aliphatic heterocycles. The van der Waals surface area contributed by atoms with Gasteiger partial charge in [0.25, 0.3) is 0 Å². The van der Waals surface area contributed by atoms with E-state index in [-0.39, 0.29) is 17.9 Å². The molecule has 0 aliphatic carbocycles. The van der Waals surface area contributed by atoms with Crippen LogP contribution in [-0.4, -0.2) is 27.0 Å². The summed E-state index contributed by atoms with van der Waals surface area (Å²) in [5.74, 6) is 0.574. The molecule has 110 valence electrons. The second-order valence-electron chi connectivity index (χ2n) is 4.98. The first-order valence-corrected chi connectivity index (χ1v) is 7.13. The van der Waals surface area contributed by atoms with Crippen LogP contribution in [-0.2, 0) is 16.1 Å². The minimum atomic E-state index is -0.276. The molecule has 0 saturated carbocycles. The Morgan fingerprint density at radius 3 is 3.00 bits per heavy atom. The fourth-order valence-electron chi connectivity index (χ4n) is 2.63. The summed E-state index contributed by atoms with van der Waals surface area (Å²) in [6.45, 7) is 3.44. The fraction of sp³-hybridized carbons (Fsp3) is 0.400. The molecule has 2 aromatic rings. The third kappa shape index (κ3) is 2.80. The summed E-state index contributed by atoms with van der Waals surface area (Å²) in [6.07, 6.45) is 7.40. The van der Waals surface area contributed by atoms with Crippen LogP contribution in [0.5, 0.6) is 0 Å². The lowest BCUT2D eigenvalue weighted by Gasteiger charge is -2.18. The third-order valence-electron chi connectivity index (χ3n) is 3.72. The number of pyridine rings is 1. The Bertz CT molecular complexity index is 611. The third-order valence-corrected chi connectivity index (χ3v) is 3.72. The van der Waals surface area contributed by atoms with Gasteiger partial charge in [-0.15, -0.1) is 0 Å². The Morgan fingerprint density at radius 1 is 1.43 bits per heavy atom. The summed E-state index contributed by atoms with van der Waals surface area (Å²) in [7, 11) is 0. The van der Waals surface area contributed by atoms with Crippen molar-refractivity contribution in [2.45, 2.75) is 26.0 Å². The van der Waals surface area contributed by atoms with Gasteiger partial charge in [-0.3, -0.25) is 9.78 Å². The van der Waals surface area contributed by atoms with Gasteiger partial charge in [-0.25, -0.2) is 4.98 Å². The number of hydrogen-bond donors (Lipinski definition) is 1. The van der Waals surface area contributed by atoms with E-state index in [1.54, 1.807) is 30.7 Å². The average Bonchev–Trinajstić information content (AvgIpc) is 3.16. The van der Waals surface area contributed by atoms with Gasteiger partial charge in [-0.1, -0.05) is 0 Å². The molecule has 1 aliphatic rings. The molecule has 2 atom stereocenters. The van der Waals surface area contributed by atoms with E-state index in [4.69, 9.17) is 4.74 Å². The molecule has 0 spiro atoms. The molecule has 3 heterocycles. The molecule has 1 N–H and O–H groups in total. The Kier molecular flexibility index (Phi) is 3.96. The Balaban J connectivity index is 1.76. The number of nitrogens with zero attached hydrogens (tertiary/aromatic N) is 3. The summed E-state index contributed by atoms with van der Waals surface area (Å²) in [4.78, 5) is 20.8. The Hall–Kier alpha value is -2.21. The van der Waals surface area contributed by atoms with Crippen LogP contribution in [0.4, 0.5) is 5.69 Å². The summed E-state index contributed by atoms with van der Waals surface area (Å²) in [5, 5.41) is 2.92. The zero-order valence-corrected chi connectivity index (χ0v) is 11.9. The van der Waals surface area contributed by atoms with Crippen LogP contribution in [0.2, 0.25) is 0 Å². The van der Waals surface area contributed by atoms with E-state index < -0.39 is 0 Å². The lowest BCUT2D eigenvalue weighted by molar-refractivity contribution is -0.121. The molecule has 0 unspecified atom stereocenters. The van der Waals surface area contributed by atoms with Crippen molar-refractivity contribution in [3.05, 3.63) is 42.7 Å². The number of ether oxygens (including phenoxy) is 1. The first-order chi connectivity index (χ1) is 10.3. The number of rotatable bonds is 4. The zero-order valence-electron chi connectivity index (χ0n) is 11.9. The second kappa shape index (κ2) is 6.05. The molecule has 6 heteroatoms. The maximum Gasteiger partial charge on any atom is 0.230 e. The molecule has 0 radical (unpaired) electrons. The monoisotopic (exact) mass is 286 g/mol. The molecule has 21 heavy (non-hydrogen) atoms. The molecular weight excluding hydrogens is 268 g/mol. The van der Waals surface area contributed by atoms with Crippen LogP contribution in [0.3, 0.4) is 0 Å². The largest absolute Gasteiger partial charge is 0.369 e. The topological polar surface area (TPSA) is 69.0 Å². The number of hydrogen-bond acceptors (Lipinski definition) is 4. The maximum atomic E-state index is 12.5. The van der Waals surface area contributed by atoms with Crippen molar-refractivity contribution >= 4 is 11.6 Å². The molecule has 1 fully saturated rings. The van der Waals surface area contributed by atoms with E-state index in [2.05, 4.69) is 15.3 Å². The van der Waals surface area contributed by atoms with Gasteiger partial charge in [-0.05, 0) is 25.5 Å². The highest BCUT2D eigenvalue weighted by molar-refractivity contribution is 5.93. The molecule has 0 aromatic carbocycles. The van der Waals surface area contributed by atoms with Crippen LogP contribution in [0, 0.1) is 5.92 Å². The predicted molar refractivity (Wildman–Crippen MR) is 77.6 cm³/mol. The number of aromatic nitrogens is 3. The first-order valence-electron chi connectivity index (χ1n) is 7.13. The van der Waals surface area contributed by atoms with Crippen LogP contribution in [0.25, 0.3) is 0 Å². The van der Waals surface area contributed by atoms with Crippen molar-refractivity contribution in [1.82, 2.24) is 14.5 Å². The minimum Gasteiger partial charge on any atom is -0.369 e. The summed E-state index contributed by atoms with van der Waals surface area (Å²) >= 11 is 0. The fourth-order valence-corrected chi connectivity index (χ4v) is 2.63. The van der Waals surface area contributed by atoms with E-state index in [0.717, 1.165) is 18.1 Å². The predicted octanol–water partition coefficient (Wildman–Crippen LogP) is 2.01. The number of nitrogens with one attached hydrogen (secondary N) is 1. The smallest absolute Gasteiger partial charge is 0.230 e. The second-order valence-corrected chi connectivity index (χ2v) is 4.98. The minimum absolute atomic E-state index is 0.0330. The van der Waals surface area contributed by atoms with Crippen molar-refractivity contribution in [3.8, 4) is 0 Å². The number of imidazole rings is 1. The molecule has 1 saturated heterocycles. The maximum absolute atomic E-state index is 12.5. The molecule has 1 amide bonds. The van der Waals surface area contributed by atoms with E-state index in [0.29, 0.717) is 13.0 Å². The molecule has 2 aromatic heterocycles. The number of anilines is 1. The van der Waals surface area contributed by atoms with Gasteiger partial charge in [0.15, 0.2) is 0 Å². The number of carbonyl (C=O) groups is 1. The van der Waals surface area contributed by atoms with Gasteiger partial charge in [-0.2, -0.15) is 0 Å². The molecule has 0 bridgehead atoms. The van der Waals surface area contributed by atoms with Crippen molar-refractivity contribution in [2.24, 2.45) is 5.92 Å². The van der Waals surface area contributed by atoms with Gasteiger partial charge in [0.05, 0.1) is 5.92 Å². The summed E-state index contributed by atoms with van der Waals surface area (Å²) < 4.78 is 7.77. The summed E-state index contributed by atoms with van der Waals surface area (Å²) in [6, 6.07) is 3.55. The van der Waals surface area contributed by atoms with Crippen LogP contribution < -0.4 is 5.32 Å². The van der Waals surface area contributed by atoms with Crippen LogP contribution >= 0.6 is 0 Å². The van der Waals surface area contributed by atoms with E-state index >= 15 is 0 Å².